The maximum atomic E-state index is 12.2. The summed E-state index contributed by atoms with van der Waals surface area (Å²) in [6, 6.07) is 10.5. The fraction of sp³-hybridized carbons (Fsp3) is 0. The Bertz CT molecular complexity index is 649. The Balaban J connectivity index is 2.25. The van der Waals surface area contributed by atoms with Crippen LogP contribution in [0.3, 0.4) is 0 Å². The largest absolute Gasteiger partial charge is 0.398 e. The number of carbonyl (C=O) groups excluding carboxylic acids is 1. The second-order valence-corrected chi connectivity index (χ2v) is 6.30. The molecular formula is C13H9BrClIN2O. The van der Waals surface area contributed by atoms with Crippen molar-refractivity contribution in [3.63, 3.8) is 0 Å². The molecule has 3 nitrogen and oxygen atoms in total. The number of anilines is 2. The third-order valence-corrected chi connectivity index (χ3v) is 4.19. The van der Waals surface area contributed by atoms with Crippen molar-refractivity contribution in [3.8, 4) is 0 Å². The van der Waals surface area contributed by atoms with E-state index in [-0.39, 0.29) is 5.91 Å². The molecule has 3 N–H and O–H groups in total. The van der Waals surface area contributed by atoms with E-state index >= 15 is 0 Å². The molecule has 0 fully saturated rings. The smallest absolute Gasteiger partial charge is 0.256 e. The number of halogens is 3. The van der Waals surface area contributed by atoms with Crippen LogP contribution < -0.4 is 11.1 Å². The zero-order valence-corrected chi connectivity index (χ0v) is 14.1. The average Bonchev–Trinajstić information content (AvgIpc) is 2.36. The molecule has 0 aliphatic carbocycles. The van der Waals surface area contributed by atoms with E-state index in [1.165, 1.54) is 0 Å². The van der Waals surface area contributed by atoms with Gasteiger partial charge in [-0.2, -0.15) is 0 Å². The molecule has 0 unspecified atom stereocenters. The van der Waals surface area contributed by atoms with Crippen molar-refractivity contribution in [2.24, 2.45) is 0 Å². The van der Waals surface area contributed by atoms with Gasteiger partial charge in [0.25, 0.3) is 5.91 Å². The van der Waals surface area contributed by atoms with Crippen LogP contribution >= 0.6 is 50.1 Å². The normalized spacial score (nSPS) is 10.3. The van der Waals surface area contributed by atoms with Crippen molar-refractivity contribution in [3.05, 3.63) is 55.0 Å². The summed E-state index contributed by atoms with van der Waals surface area (Å²) < 4.78 is 1.73. The number of hydrogen-bond acceptors (Lipinski definition) is 2. The summed E-state index contributed by atoms with van der Waals surface area (Å²) in [5.74, 6) is -0.188. The highest BCUT2D eigenvalue weighted by molar-refractivity contribution is 14.1. The minimum absolute atomic E-state index is 0.188. The van der Waals surface area contributed by atoms with Gasteiger partial charge in [-0.15, -0.1) is 0 Å². The lowest BCUT2D eigenvalue weighted by Crippen LogP contribution is -2.13. The Morgan fingerprint density at radius 1 is 1.26 bits per heavy atom. The van der Waals surface area contributed by atoms with Crippen LogP contribution in [0.4, 0.5) is 11.4 Å². The first-order valence-electron chi connectivity index (χ1n) is 5.29. The highest BCUT2D eigenvalue weighted by Crippen LogP contribution is 2.24. The van der Waals surface area contributed by atoms with Crippen molar-refractivity contribution >= 4 is 67.4 Å². The Morgan fingerprint density at radius 3 is 2.68 bits per heavy atom. The molecule has 19 heavy (non-hydrogen) atoms. The van der Waals surface area contributed by atoms with Crippen molar-refractivity contribution in [2.45, 2.75) is 0 Å². The molecule has 6 heteroatoms. The first kappa shape index (κ1) is 14.6. The van der Waals surface area contributed by atoms with E-state index < -0.39 is 0 Å². The predicted molar refractivity (Wildman–Crippen MR) is 90.7 cm³/mol. The van der Waals surface area contributed by atoms with Crippen LogP contribution in [-0.4, -0.2) is 5.91 Å². The summed E-state index contributed by atoms with van der Waals surface area (Å²) in [5.41, 5.74) is 7.32. The minimum Gasteiger partial charge on any atom is -0.398 e. The molecule has 0 radical (unpaired) electrons. The molecule has 2 aromatic rings. The number of benzene rings is 2. The number of rotatable bonds is 2. The summed E-state index contributed by atoms with van der Waals surface area (Å²) in [5, 5.41) is 3.21. The first-order chi connectivity index (χ1) is 8.97. The van der Waals surface area contributed by atoms with Crippen LogP contribution in [0.25, 0.3) is 0 Å². The van der Waals surface area contributed by atoms with Gasteiger partial charge in [0.05, 0.1) is 16.3 Å². The van der Waals surface area contributed by atoms with Crippen molar-refractivity contribution < 1.29 is 4.79 Å². The van der Waals surface area contributed by atoms with Gasteiger partial charge in [0.2, 0.25) is 0 Å². The third-order valence-electron chi connectivity index (χ3n) is 2.43. The molecule has 98 valence electrons. The summed E-state index contributed by atoms with van der Waals surface area (Å²) in [6.07, 6.45) is 0. The molecule has 0 heterocycles. The Kier molecular flexibility index (Phi) is 4.70. The highest BCUT2D eigenvalue weighted by Gasteiger charge is 2.11. The molecular weight excluding hydrogens is 442 g/mol. The molecule has 0 bridgehead atoms. The monoisotopic (exact) mass is 450 g/mol. The molecule has 0 atom stereocenters. The van der Waals surface area contributed by atoms with Gasteiger partial charge in [-0.1, -0.05) is 27.5 Å². The molecule has 0 saturated heterocycles. The Labute approximate surface area is 137 Å². The minimum atomic E-state index is -0.188. The SMILES string of the molecule is Nc1ccc(NC(=O)c2cc(Br)ccc2I)cc1Cl. The molecule has 1 amide bonds. The van der Waals surface area contributed by atoms with Crippen LogP contribution in [0.2, 0.25) is 5.02 Å². The number of amides is 1. The summed E-state index contributed by atoms with van der Waals surface area (Å²) in [6.45, 7) is 0. The zero-order chi connectivity index (χ0) is 14.0. The molecule has 0 aliphatic heterocycles. The number of nitrogens with one attached hydrogen (secondary N) is 1. The van der Waals surface area contributed by atoms with E-state index in [9.17, 15) is 4.79 Å². The number of nitrogens with two attached hydrogens (primary N) is 1. The van der Waals surface area contributed by atoms with E-state index in [0.29, 0.717) is 22.0 Å². The van der Waals surface area contributed by atoms with Gasteiger partial charge in [-0.25, -0.2) is 0 Å². The number of carbonyl (C=O) groups is 1. The van der Waals surface area contributed by atoms with Gasteiger partial charge in [0.1, 0.15) is 0 Å². The van der Waals surface area contributed by atoms with E-state index in [0.717, 1.165) is 8.04 Å². The van der Waals surface area contributed by atoms with Gasteiger partial charge in [0.15, 0.2) is 0 Å². The predicted octanol–water partition coefficient (Wildman–Crippen LogP) is 4.54. The first-order valence-corrected chi connectivity index (χ1v) is 7.54. The lowest BCUT2D eigenvalue weighted by molar-refractivity contribution is 0.102. The third kappa shape index (κ3) is 3.61. The summed E-state index contributed by atoms with van der Waals surface area (Å²) in [4.78, 5) is 12.2. The summed E-state index contributed by atoms with van der Waals surface area (Å²) >= 11 is 11.4. The second kappa shape index (κ2) is 6.11. The van der Waals surface area contributed by atoms with Crippen LogP contribution in [-0.2, 0) is 0 Å². The highest BCUT2D eigenvalue weighted by atomic mass is 127. The Hall–Kier alpha value is -0.790. The number of hydrogen-bond donors (Lipinski definition) is 2. The van der Waals surface area contributed by atoms with Gasteiger partial charge < -0.3 is 11.1 Å². The second-order valence-electron chi connectivity index (χ2n) is 3.81. The summed E-state index contributed by atoms with van der Waals surface area (Å²) in [7, 11) is 0. The van der Waals surface area contributed by atoms with Crippen LogP contribution in [0.5, 0.6) is 0 Å². The van der Waals surface area contributed by atoms with Gasteiger partial charge >= 0.3 is 0 Å². The van der Waals surface area contributed by atoms with E-state index in [4.69, 9.17) is 17.3 Å². The van der Waals surface area contributed by atoms with Gasteiger partial charge in [-0.3, -0.25) is 4.79 Å². The van der Waals surface area contributed by atoms with Crippen LogP contribution in [0.1, 0.15) is 10.4 Å². The number of nitrogen functional groups attached to an aromatic ring is 1. The lowest BCUT2D eigenvalue weighted by atomic mass is 10.2. The lowest BCUT2D eigenvalue weighted by Gasteiger charge is -2.08. The quantitative estimate of drug-likeness (QED) is 0.520. The zero-order valence-electron chi connectivity index (χ0n) is 9.58. The van der Waals surface area contributed by atoms with Crippen molar-refractivity contribution in [1.29, 1.82) is 0 Å². The molecule has 0 saturated carbocycles. The van der Waals surface area contributed by atoms with Crippen molar-refractivity contribution in [2.75, 3.05) is 11.1 Å². The molecule has 0 spiro atoms. The molecule has 0 aliphatic rings. The topological polar surface area (TPSA) is 55.1 Å². The fourth-order valence-electron chi connectivity index (χ4n) is 1.47. The molecule has 2 aromatic carbocycles. The van der Waals surface area contributed by atoms with Crippen molar-refractivity contribution in [1.82, 2.24) is 0 Å². The molecule has 2 rings (SSSR count). The van der Waals surface area contributed by atoms with E-state index in [2.05, 4.69) is 43.8 Å². The maximum Gasteiger partial charge on any atom is 0.256 e. The standard InChI is InChI=1S/C13H9BrClIN2O/c14-7-1-3-11(16)9(5-7)13(19)18-8-2-4-12(17)10(15)6-8/h1-6H,17H2,(H,18,19). The van der Waals surface area contributed by atoms with Gasteiger partial charge in [-0.05, 0) is 59.0 Å². The average molecular weight is 451 g/mol. The van der Waals surface area contributed by atoms with E-state index in [1.807, 2.05) is 12.1 Å². The molecule has 0 aromatic heterocycles. The fourth-order valence-corrected chi connectivity index (χ4v) is 2.60. The van der Waals surface area contributed by atoms with Crippen LogP contribution in [0.15, 0.2) is 40.9 Å². The van der Waals surface area contributed by atoms with Crippen LogP contribution in [0, 0.1) is 3.57 Å². The van der Waals surface area contributed by atoms with Gasteiger partial charge in [0, 0.05) is 13.7 Å². The maximum absolute atomic E-state index is 12.2. The van der Waals surface area contributed by atoms with E-state index in [1.54, 1.807) is 24.3 Å². The Morgan fingerprint density at radius 2 is 2.00 bits per heavy atom.